The van der Waals surface area contributed by atoms with Gasteiger partial charge in [0.1, 0.15) is 0 Å². The Bertz CT molecular complexity index is 910. The molecule has 0 saturated carbocycles. The van der Waals surface area contributed by atoms with E-state index in [4.69, 9.17) is 0 Å². The molecule has 0 aliphatic rings. The summed E-state index contributed by atoms with van der Waals surface area (Å²) in [6, 6.07) is 20.3. The summed E-state index contributed by atoms with van der Waals surface area (Å²) in [4.78, 5) is 4.27. The lowest BCUT2D eigenvalue weighted by Crippen LogP contribution is -2.27. The van der Waals surface area contributed by atoms with Crippen LogP contribution in [0.15, 0.2) is 84.0 Å². The second-order valence-electron chi connectivity index (χ2n) is 5.48. The van der Waals surface area contributed by atoms with Gasteiger partial charge in [0.05, 0.1) is 4.90 Å². The molecule has 5 heteroatoms. The standard InChI is InChI=1S/C19H18N2O2S/c1-21(15-16-11-13-20-14-12-16)24(22,23)19-10-6-5-9-18(19)17-7-3-2-4-8-17/h2-14H,15H2,1H3. The minimum absolute atomic E-state index is 0.300. The number of rotatable bonds is 5. The fourth-order valence-electron chi connectivity index (χ4n) is 2.55. The fourth-order valence-corrected chi connectivity index (χ4v) is 3.92. The van der Waals surface area contributed by atoms with E-state index in [-0.39, 0.29) is 0 Å². The van der Waals surface area contributed by atoms with Crippen LogP contribution in [0.5, 0.6) is 0 Å². The number of hydrogen-bond acceptors (Lipinski definition) is 3. The molecule has 24 heavy (non-hydrogen) atoms. The molecule has 1 aromatic heterocycles. The van der Waals surface area contributed by atoms with E-state index in [0.29, 0.717) is 17.0 Å². The van der Waals surface area contributed by atoms with E-state index in [0.717, 1.165) is 11.1 Å². The molecule has 0 unspecified atom stereocenters. The Morgan fingerprint density at radius 3 is 2.21 bits per heavy atom. The van der Waals surface area contributed by atoms with Crippen LogP contribution in [0.2, 0.25) is 0 Å². The van der Waals surface area contributed by atoms with Crippen molar-refractivity contribution >= 4 is 10.0 Å². The summed E-state index contributed by atoms with van der Waals surface area (Å²) >= 11 is 0. The predicted octanol–water partition coefficient (Wildman–Crippen LogP) is 3.57. The molecule has 0 amide bonds. The van der Waals surface area contributed by atoms with E-state index in [9.17, 15) is 8.42 Å². The third kappa shape index (κ3) is 3.37. The van der Waals surface area contributed by atoms with Gasteiger partial charge in [-0.1, -0.05) is 48.5 Å². The second kappa shape index (κ2) is 6.95. The number of hydrogen-bond donors (Lipinski definition) is 0. The van der Waals surface area contributed by atoms with Crippen LogP contribution in [0.4, 0.5) is 0 Å². The van der Waals surface area contributed by atoms with Gasteiger partial charge in [-0.25, -0.2) is 8.42 Å². The molecule has 0 aliphatic heterocycles. The minimum atomic E-state index is -3.60. The van der Waals surface area contributed by atoms with Gasteiger partial charge in [0.15, 0.2) is 0 Å². The number of nitrogens with zero attached hydrogens (tertiary/aromatic N) is 2. The summed E-state index contributed by atoms with van der Waals surface area (Å²) in [5.74, 6) is 0. The number of aromatic nitrogens is 1. The highest BCUT2D eigenvalue weighted by Crippen LogP contribution is 2.29. The highest BCUT2D eigenvalue weighted by Gasteiger charge is 2.24. The molecule has 0 bridgehead atoms. The zero-order chi connectivity index (χ0) is 17.0. The minimum Gasteiger partial charge on any atom is -0.265 e. The Hall–Kier alpha value is -2.50. The molecule has 0 atom stereocenters. The van der Waals surface area contributed by atoms with Crippen LogP contribution in [0.3, 0.4) is 0 Å². The van der Waals surface area contributed by atoms with Crippen molar-refractivity contribution in [2.75, 3.05) is 7.05 Å². The van der Waals surface area contributed by atoms with E-state index in [2.05, 4.69) is 4.98 Å². The molecule has 3 aromatic rings. The van der Waals surface area contributed by atoms with Crippen LogP contribution in [0.1, 0.15) is 5.56 Å². The molecular weight excluding hydrogens is 320 g/mol. The Morgan fingerprint density at radius 1 is 0.875 bits per heavy atom. The predicted molar refractivity (Wildman–Crippen MR) is 94.8 cm³/mol. The van der Waals surface area contributed by atoms with Gasteiger partial charge in [-0.15, -0.1) is 0 Å². The first kappa shape index (κ1) is 16.4. The van der Waals surface area contributed by atoms with E-state index < -0.39 is 10.0 Å². The van der Waals surface area contributed by atoms with Crippen LogP contribution in [-0.2, 0) is 16.6 Å². The van der Waals surface area contributed by atoms with Crippen LogP contribution < -0.4 is 0 Å². The SMILES string of the molecule is CN(Cc1ccncc1)S(=O)(=O)c1ccccc1-c1ccccc1. The van der Waals surface area contributed by atoms with Gasteiger partial charge in [-0.3, -0.25) is 4.98 Å². The highest BCUT2D eigenvalue weighted by molar-refractivity contribution is 7.89. The average Bonchev–Trinajstić information content (AvgIpc) is 2.63. The molecule has 4 nitrogen and oxygen atoms in total. The third-order valence-corrected chi connectivity index (χ3v) is 5.68. The Balaban J connectivity index is 1.99. The second-order valence-corrected chi connectivity index (χ2v) is 7.49. The monoisotopic (exact) mass is 338 g/mol. The van der Waals surface area contributed by atoms with Crippen LogP contribution in [0, 0.1) is 0 Å². The maximum atomic E-state index is 13.0. The topological polar surface area (TPSA) is 50.3 Å². The summed E-state index contributed by atoms with van der Waals surface area (Å²) in [6.07, 6.45) is 3.32. The van der Waals surface area contributed by atoms with Crippen LogP contribution >= 0.6 is 0 Å². The van der Waals surface area contributed by atoms with Gasteiger partial charge in [-0.2, -0.15) is 4.31 Å². The van der Waals surface area contributed by atoms with Crippen molar-refractivity contribution in [3.63, 3.8) is 0 Å². The summed E-state index contributed by atoms with van der Waals surface area (Å²) in [5, 5.41) is 0. The Kier molecular flexibility index (Phi) is 4.74. The fraction of sp³-hybridized carbons (Fsp3) is 0.105. The summed E-state index contributed by atoms with van der Waals surface area (Å²) in [6.45, 7) is 0.300. The Labute approximate surface area is 142 Å². The first-order valence-electron chi connectivity index (χ1n) is 7.59. The molecule has 2 aromatic carbocycles. The summed E-state index contributed by atoms with van der Waals surface area (Å²) < 4.78 is 27.4. The van der Waals surface area contributed by atoms with Gasteiger partial charge >= 0.3 is 0 Å². The molecule has 0 N–H and O–H groups in total. The van der Waals surface area contributed by atoms with Crippen molar-refractivity contribution < 1.29 is 8.42 Å². The molecule has 0 radical (unpaired) electrons. The van der Waals surface area contributed by atoms with Crippen molar-refractivity contribution in [1.82, 2.24) is 9.29 Å². The van der Waals surface area contributed by atoms with Crippen LogP contribution in [0.25, 0.3) is 11.1 Å². The van der Waals surface area contributed by atoms with Gasteiger partial charge in [0.25, 0.3) is 0 Å². The van der Waals surface area contributed by atoms with Crippen molar-refractivity contribution in [2.24, 2.45) is 0 Å². The lowest BCUT2D eigenvalue weighted by Gasteiger charge is -2.19. The molecule has 122 valence electrons. The van der Waals surface area contributed by atoms with E-state index in [1.807, 2.05) is 54.6 Å². The van der Waals surface area contributed by atoms with Crippen molar-refractivity contribution in [2.45, 2.75) is 11.4 Å². The molecule has 0 saturated heterocycles. The number of pyridine rings is 1. The molecule has 1 heterocycles. The first-order chi connectivity index (χ1) is 11.6. The average molecular weight is 338 g/mol. The molecular formula is C19H18N2O2S. The van der Waals surface area contributed by atoms with Crippen molar-refractivity contribution in [1.29, 1.82) is 0 Å². The van der Waals surface area contributed by atoms with E-state index in [1.165, 1.54) is 4.31 Å². The molecule has 0 spiro atoms. The lowest BCUT2D eigenvalue weighted by atomic mass is 10.1. The molecule has 3 rings (SSSR count). The van der Waals surface area contributed by atoms with Crippen molar-refractivity contribution in [3.8, 4) is 11.1 Å². The quantitative estimate of drug-likeness (QED) is 0.714. The lowest BCUT2D eigenvalue weighted by molar-refractivity contribution is 0.467. The van der Waals surface area contributed by atoms with Gasteiger partial charge in [0, 0.05) is 31.5 Å². The van der Waals surface area contributed by atoms with Gasteiger partial charge in [0.2, 0.25) is 10.0 Å². The number of sulfonamides is 1. The molecule has 0 aliphatic carbocycles. The zero-order valence-electron chi connectivity index (χ0n) is 13.3. The van der Waals surface area contributed by atoms with Crippen molar-refractivity contribution in [3.05, 3.63) is 84.7 Å². The van der Waals surface area contributed by atoms with Crippen LogP contribution in [-0.4, -0.2) is 24.8 Å². The van der Waals surface area contributed by atoms with E-state index >= 15 is 0 Å². The van der Waals surface area contributed by atoms with Gasteiger partial charge in [-0.05, 0) is 29.3 Å². The smallest absolute Gasteiger partial charge is 0.243 e. The zero-order valence-corrected chi connectivity index (χ0v) is 14.1. The normalized spacial score (nSPS) is 11.6. The maximum Gasteiger partial charge on any atom is 0.243 e. The first-order valence-corrected chi connectivity index (χ1v) is 9.03. The molecule has 0 fully saturated rings. The van der Waals surface area contributed by atoms with E-state index in [1.54, 1.807) is 31.6 Å². The number of benzene rings is 2. The van der Waals surface area contributed by atoms with Gasteiger partial charge < -0.3 is 0 Å². The summed E-state index contributed by atoms with van der Waals surface area (Å²) in [7, 11) is -2.01. The highest BCUT2D eigenvalue weighted by atomic mass is 32.2. The maximum absolute atomic E-state index is 13.0. The largest absolute Gasteiger partial charge is 0.265 e. The Morgan fingerprint density at radius 2 is 1.50 bits per heavy atom. The summed E-state index contributed by atoms with van der Waals surface area (Å²) in [5.41, 5.74) is 2.49. The third-order valence-electron chi connectivity index (χ3n) is 3.81.